The normalized spacial score (nSPS) is 11.8. The van der Waals surface area contributed by atoms with E-state index in [4.69, 9.17) is 16.3 Å². The molecule has 2 aromatic rings. The van der Waals surface area contributed by atoms with Crippen LogP contribution in [0.15, 0.2) is 48.5 Å². The summed E-state index contributed by atoms with van der Waals surface area (Å²) >= 11 is 7.72. The summed E-state index contributed by atoms with van der Waals surface area (Å²) in [7, 11) is 1.60. The molecular formula is C17H18ClNO2S. The van der Waals surface area contributed by atoms with Gasteiger partial charge < -0.3 is 10.1 Å². The lowest BCUT2D eigenvalue weighted by Gasteiger charge is -2.13. The van der Waals surface area contributed by atoms with Crippen LogP contribution in [0, 0.1) is 0 Å². The number of amides is 1. The molecule has 0 aliphatic heterocycles. The summed E-state index contributed by atoms with van der Waals surface area (Å²) in [6, 6.07) is 15.0. The van der Waals surface area contributed by atoms with Gasteiger partial charge in [-0.1, -0.05) is 35.9 Å². The van der Waals surface area contributed by atoms with Crippen LogP contribution in [0.1, 0.15) is 17.7 Å². The number of rotatable bonds is 6. The molecule has 2 aromatic carbocycles. The van der Waals surface area contributed by atoms with Crippen molar-refractivity contribution < 1.29 is 9.53 Å². The number of anilines is 1. The first-order chi connectivity index (χ1) is 10.6. The van der Waals surface area contributed by atoms with Crippen LogP contribution in [0.3, 0.4) is 0 Å². The van der Waals surface area contributed by atoms with Gasteiger partial charge in [-0.2, -0.15) is 0 Å². The summed E-state index contributed by atoms with van der Waals surface area (Å²) in [6.07, 6.45) is 0. The third-order valence-corrected chi connectivity index (χ3v) is 4.69. The highest BCUT2D eigenvalue weighted by Crippen LogP contribution is 2.32. The van der Waals surface area contributed by atoms with Crippen LogP contribution in [-0.4, -0.2) is 18.8 Å². The summed E-state index contributed by atoms with van der Waals surface area (Å²) < 4.78 is 5.13. The smallest absolute Gasteiger partial charge is 0.234 e. The van der Waals surface area contributed by atoms with Gasteiger partial charge in [0, 0.05) is 22.0 Å². The van der Waals surface area contributed by atoms with E-state index in [2.05, 4.69) is 5.32 Å². The van der Waals surface area contributed by atoms with Crippen molar-refractivity contribution in [2.45, 2.75) is 12.2 Å². The lowest BCUT2D eigenvalue weighted by atomic mass is 10.2. The zero-order chi connectivity index (χ0) is 15.9. The zero-order valence-corrected chi connectivity index (χ0v) is 14.1. The Morgan fingerprint density at radius 2 is 2.05 bits per heavy atom. The molecule has 0 aromatic heterocycles. The molecule has 22 heavy (non-hydrogen) atoms. The molecule has 1 atom stereocenters. The quantitative estimate of drug-likeness (QED) is 0.825. The first kappa shape index (κ1) is 16.7. The number of ether oxygens (including phenoxy) is 1. The van der Waals surface area contributed by atoms with Crippen LogP contribution >= 0.6 is 23.4 Å². The molecule has 0 spiro atoms. The van der Waals surface area contributed by atoms with Crippen LogP contribution in [0.2, 0.25) is 5.02 Å². The topological polar surface area (TPSA) is 38.3 Å². The number of carbonyl (C=O) groups is 1. The number of halogens is 1. The predicted molar refractivity (Wildman–Crippen MR) is 93.9 cm³/mol. The van der Waals surface area contributed by atoms with Crippen LogP contribution in [0.5, 0.6) is 5.75 Å². The first-order valence-electron chi connectivity index (χ1n) is 6.90. The minimum Gasteiger partial charge on any atom is -0.497 e. The van der Waals surface area contributed by atoms with E-state index in [-0.39, 0.29) is 11.2 Å². The molecule has 3 nitrogen and oxygen atoms in total. The lowest BCUT2D eigenvalue weighted by Crippen LogP contribution is -2.14. The maximum Gasteiger partial charge on any atom is 0.234 e. The zero-order valence-electron chi connectivity index (χ0n) is 12.5. The van der Waals surface area contributed by atoms with Gasteiger partial charge in [0.05, 0.1) is 12.9 Å². The van der Waals surface area contributed by atoms with E-state index < -0.39 is 0 Å². The van der Waals surface area contributed by atoms with Crippen LogP contribution in [0.4, 0.5) is 5.69 Å². The Hall–Kier alpha value is -1.65. The third kappa shape index (κ3) is 4.68. The van der Waals surface area contributed by atoms with Gasteiger partial charge in [-0.25, -0.2) is 0 Å². The molecule has 2 rings (SSSR count). The maximum absolute atomic E-state index is 12.0. The number of carbonyl (C=O) groups excluding carboxylic acids is 1. The largest absolute Gasteiger partial charge is 0.497 e. The Bertz CT molecular complexity index is 648. The molecule has 0 aliphatic rings. The van der Waals surface area contributed by atoms with E-state index in [0.29, 0.717) is 5.75 Å². The minimum atomic E-state index is -0.0443. The molecule has 1 amide bonds. The van der Waals surface area contributed by atoms with Crippen molar-refractivity contribution in [1.82, 2.24) is 0 Å². The molecule has 0 bridgehead atoms. The van der Waals surface area contributed by atoms with Gasteiger partial charge in [-0.15, -0.1) is 11.8 Å². The second kappa shape index (κ2) is 8.11. The van der Waals surface area contributed by atoms with E-state index in [1.807, 2.05) is 49.4 Å². The molecule has 0 saturated heterocycles. The standard InChI is InChI=1S/C17H18ClNO2S/c1-12(15-8-3-4-9-16(15)18)22-11-17(20)19-13-6-5-7-14(10-13)21-2/h3-10,12H,11H2,1-2H3,(H,19,20)/t12-/m0/s1. The molecule has 0 aliphatic carbocycles. The molecular weight excluding hydrogens is 318 g/mol. The van der Waals surface area contributed by atoms with Crippen molar-refractivity contribution in [3.05, 3.63) is 59.1 Å². The van der Waals surface area contributed by atoms with Crippen LogP contribution < -0.4 is 10.1 Å². The van der Waals surface area contributed by atoms with Crippen molar-refractivity contribution in [1.29, 1.82) is 0 Å². The molecule has 0 fully saturated rings. The minimum absolute atomic E-state index is 0.0443. The van der Waals surface area contributed by atoms with Gasteiger partial charge in [0.2, 0.25) is 5.91 Å². The molecule has 5 heteroatoms. The van der Waals surface area contributed by atoms with Gasteiger partial charge in [0.1, 0.15) is 5.75 Å². The third-order valence-electron chi connectivity index (χ3n) is 3.16. The predicted octanol–water partition coefficient (Wildman–Crippen LogP) is 4.78. The molecule has 116 valence electrons. The SMILES string of the molecule is COc1cccc(NC(=O)CS[C@@H](C)c2ccccc2Cl)c1. The van der Waals surface area contributed by atoms with E-state index in [0.717, 1.165) is 22.0 Å². The Labute approximate surface area is 140 Å². The number of benzene rings is 2. The Balaban J connectivity index is 1.88. The average Bonchev–Trinajstić information content (AvgIpc) is 2.53. The number of methoxy groups -OCH3 is 1. The Kier molecular flexibility index (Phi) is 6.16. The van der Waals surface area contributed by atoms with Crippen molar-refractivity contribution in [3.63, 3.8) is 0 Å². The lowest BCUT2D eigenvalue weighted by molar-refractivity contribution is -0.113. The number of thioether (sulfide) groups is 1. The highest BCUT2D eigenvalue weighted by molar-refractivity contribution is 8.00. The van der Waals surface area contributed by atoms with Crippen molar-refractivity contribution in [2.24, 2.45) is 0 Å². The first-order valence-corrected chi connectivity index (χ1v) is 8.32. The highest BCUT2D eigenvalue weighted by atomic mass is 35.5. The highest BCUT2D eigenvalue weighted by Gasteiger charge is 2.12. The number of hydrogen-bond acceptors (Lipinski definition) is 3. The summed E-state index contributed by atoms with van der Waals surface area (Å²) in [6.45, 7) is 2.05. The Morgan fingerprint density at radius 3 is 2.77 bits per heavy atom. The molecule has 0 radical (unpaired) electrons. The number of hydrogen-bond donors (Lipinski definition) is 1. The summed E-state index contributed by atoms with van der Waals surface area (Å²) in [4.78, 5) is 12.0. The van der Waals surface area contributed by atoms with E-state index in [1.165, 1.54) is 0 Å². The Morgan fingerprint density at radius 1 is 1.27 bits per heavy atom. The fourth-order valence-electron chi connectivity index (χ4n) is 1.99. The van der Waals surface area contributed by atoms with Crippen LogP contribution in [0.25, 0.3) is 0 Å². The maximum atomic E-state index is 12.0. The van der Waals surface area contributed by atoms with Gasteiger partial charge in [0.25, 0.3) is 0 Å². The second-order valence-electron chi connectivity index (χ2n) is 4.75. The van der Waals surface area contributed by atoms with E-state index >= 15 is 0 Å². The van der Waals surface area contributed by atoms with Gasteiger partial charge >= 0.3 is 0 Å². The second-order valence-corrected chi connectivity index (χ2v) is 6.49. The molecule has 0 heterocycles. The van der Waals surface area contributed by atoms with Gasteiger partial charge in [-0.3, -0.25) is 4.79 Å². The van der Waals surface area contributed by atoms with Crippen molar-refractivity contribution in [2.75, 3.05) is 18.2 Å². The van der Waals surface area contributed by atoms with Gasteiger partial charge in [-0.05, 0) is 30.7 Å². The molecule has 0 saturated carbocycles. The fraction of sp³-hybridized carbons (Fsp3) is 0.235. The molecule has 0 unspecified atom stereocenters. The molecule has 1 N–H and O–H groups in total. The fourth-order valence-corrected chi connectivity index (χ4v) is 3.22. The average molecular weight is 336 g/mol. The van der Waals surface area contributed by atoms with E-state index in [1.54, 1.807) is 24.9 Å². The van der Waals surface area contributed by atoms with Crippen molar-refractivity contribution >= 4 is 35.0 Å². The monoisotopic (exact) mass is 335 g/mol. The van der Waals surface area contributed by atoms with Crippen molar-refractivity contribution in [3.8, 4) is 5.75 Å². The summed E-state index contributed by atoms with van der Waals surface area (Å²) in [5.41, 5.74) is 1.78. The van der Waals surface area contributed by atoms with E-state index in [9.17, 15) is 4.79 Å². The summed E-state index contributed by atoms with van der Waals surface area (Å²) in [5, 5.41) is 3.75. The summed E-state index contributed by atoms with van der Waals surface area (Å²) in [5.74, 6) is 1.04. The van der Waals surface area contributed by atoms with Crippen LogP contribution in [-0.2, 0) is 4.79 Å². The number of nitrogens with one attached hydrogen (secondary N) is 1. The van der Waals surface area contributed by atoms with Gasteiger partial charge in [0.15, 0.2) is 0 Å².